The van der Waals surface area contributed by atoms with Crippen LogP contribution in [0.1, 0.15) is 37.0 Å². The maximum absolute atomic E-state index is 13.3. The highest BCUT2D eigenvalue weighted by molar-refractivity contribution is 5.99. The number of nitrogen functional groups attached to an aromatic ring is 1. The Kier molecular flexibility index (Phi) is 5.30. The van der Waals surface area contributed by atoms with Gasteiger partial charge in [-0.2, -0.15) is 0 Å². The van der Waals surface area contributed by atoms with Gasteiger partial charge in [0.2, 0.25) is 0 Å². The maximum Gasteiger partial charge on any atom is 0.253 e. The van der Waals surface area contributed by atoms with Gasteiger partial charge in [0.05, 0.1) is 17.9 Å². The molecule has 0 atom stereocenters. The molecule has 0 aliphatic heterocycles. The Morgan fingerprint density at radius 2 is 2.05 bits per heavy atom. The highest BCUT2D eigenvalue weighted by Crippen LogP contribution is 2.24. The smallest absolute Gasteiger partial charge is 0.253 e. The van der Waals surface area contributed by atoms with E-state index in [-0.39, 0.29) is 23.3 Å². The van der Waals surface area contributed by atoms with Crippen LogP contribution < -0.4 is 11.1 Å². The van der Waals surface area contributed by atoms with Crippen molar-refractivity contribution in [2.75, 3.05) is 18.9 Å². The van der Waals surface area contributed by atoms with Crippen LogP contribution in [-0.2, 0) is 0 Å². The molecule has 0 bridgehead atoms. The van der Waals surface area contributed by atoms with Crippen LogP contribution in [0, 0.1) is 11.2 Å². The molecule has 0 saturated carbocycles. The van der Waals surface area contributed by atoms with Crippen LogP contribution in [0.2, 0.25) is 0 Å². The van der Waals surface area contributed by atoms with Crippen molar-refractivity contribution in [3.63, 3.8) is 0 Å². The summed E-state index contributed by atoms with van der Waals surface area (Å²) in [6.45, 7) is 4.26. The van der Waals surface area contributed by atoms with Crippen molar-refractivity contribution in [1.82, 2.24) is 5.32 Å². The first-order valence-electron chi connectivity index (χ1n) is 6.42. The molecule has 0 aliphatic carbocycles. The zero-order valence-electron chi connectivity index (χ0n) is 11.4. The monoisotopic (exact) mass is 268 g/mol. The molecule has 0 fully saturated rings. The molecule has 0 radical (unpaired) electrons. The van der Waals surface area contributed by atoms with Gasteiger partial charge in [0.15, 0.2) is 0 Å². The second-order valence-electron chi connectivity index (χ2n) is 4.75. The van der Waals surface area contributed by atoms with Gasteiger partial charge in [-0.15, -0.1) is 0 Å². The van der Waals surface area contributed by atoms with Gasteiger partial charge in [-0.3, -0.25) is 4.79 Å². The number of carbonyl (C=O) groups is 1. The van der Waals surface area contributed by atoms with Crippen molar-refractivity contribution in [2.45, 2.75) is 26.7 Å². The lowest BCUT2D eigenvalue weighted by molar-refractivity contribution is 0.0851. The van der Waals surface area contributed by atoms with Crippen molar-refractivity contribution >= 4 is 11.6 Å². The molecule has 4 nitrogen and oxygen atoms in total. The Hall–Kier alpha value is -1.62. The van der Waals surface area contributed by atoms with Gasteiger partial charge in [-0.05, 0) is 25.0 Å². The zero-order valence-corrected chi connectivity index (χ0v) is 11.4. The Morgan fingerprint density at radius 1 is 1.42 bits per heavy atom. The number of amides is 1. The number of aliphatic hydroxyl groups excluding tert-OH is 1. The summed E-state index contributed by atoms with van der Waals surface area (Å²) in [6.07, 6.45) is 1.50. The number of benzene rings is 1. The molecule has 0 heterocycles. The summed E-state index contributed by atoms with van der Waals surface area (Å²) in [4.78, 5) is 12.0. The fourth-order valence-corrected chi connectivity index (χ4v) is 1.88. The number of halogens is 1. The van der Waals surface area contributed by atoms with Gasteiger partial charge >= 0.3 is 0 Å². The van der Waals surface area contributed by atoms with Gasteiger partial charge in [0, 0.05) is 12.0 Å². The van der Waals surface area contributed by atoms with Crippen molar-refractivity contribution in [3.05, 3.63) is 29.6 Å². The summed E-state index contributed by atoms with van der Waals surface area (Å²) < 4.78 is 13.3. The van der Waals surface area contributed by atoms with E-state index in [0.29, 0.717) is 6.54 Å². The summed E-state index contributed by atoms with van der Waals surface area (Å²) in [5.74, 6) is -1.02. The Balaban J connectivity index is 2.78. The normalized spacial score (nSPS) is 11.4. The molecule has 4 N–H and O–H groups in total. The molecule has 0 aliphatic rings. The second kappa shape index (κ2) is 6.52. The van der Waals surface area contributed by atoms with Gasteiger partial charge in [0.25, 0.3) is 5.91 Å². The third-order valence-corrected chi connectivity index (χ3v) is 3.76. The van der Waals surface area contributed by atoms with Crippen molar-refractivity contribution in [3.8, 4) is 0 Å². The van der Waals surface area contributed by atoms with Crippen LogP contribution in [-0.4, -0.2) is 24.2 Å². The molecule has 0 spiro atoms. The Bertz CT molecular complexity index is 437. The van der Waals surface area contributed by atoms with Crippen LogP contribution in [0.5, 0.6) is 0 Å². The summed E-state index contributed by atoms with van der Waals surface area (Å²) in [5, 5.41) is 12.1. The van der Waals surface area contributed by atoms with Crippen molar-refractivity contribution in [2.24, 2.45) is 5.41 Å². The highest BCUT2D eigenvalue weighted by atomic mass is 19.1. The molecule has 0 unspecified atom stereocenters. The zero-order chi connectivity index (χ0) is 14.5. The molecule has 1 aromatic carbocycles. The molecule has 106 valence electrons. The lowest BCUT2D eigenvalue weighted by atomic mass is 9.83. The third kappa shape index (κ3) is 3.44. The topological polar surface area (TPSA) is 75.3 Å². The van der Waals surface area contributed by atoms with E-state index in [1.54, 1.807) is 0 Å². The molecule has 0 saturated heterocycles. The maximum atomic E-state index is 13.3. The summed E-state index contributed by atoms with van der Waals surface area (Å²) in [7, 11) is 0. The first-order chi connectivity index (χ1) is 8.99. The number of nitrogens with one attached hydrogen (secondary N) is 1. The second-order valence-corrected chi connectivity index (χ2v) is 4.75. The van der Waals surface area contributed by atoms with Crippen LogP contribution in [0.15, 0.2) is 18.2 Å². The van der Waals surface area contributed by atoms with Crippen molar-refractivity contribution in [1.29, 1.82) is 0 Å². The minimum absolute atomic E-state index is 0.00108. The van der Waals surface area contributed by atoms with Crippen molar-refractivity contribution < 1.29 is 14.3 Å². The molecule has 1 rings (SSSR count). The number of aliphatic hydroxyl groups is 1. The Labute approximate surface area is 112 Å². The van der Waals surface area contributed by atoms with Crippen LogP contribution in [0.25, 0.3) is 0 Å². The van der Waals surface area contributed by atoms with E-state index in [4.69, 9.17) is 5.73 Å². The molecule has 5 heteroatoms. The average molecular weight is 268 g/mol. The number of hydrogen-bond acceptors (Lipinski definition) is 3. The van der Waals surface area contributed by atoms with E-state index in [9.17, 15) is 14.3 Å². The highest BCUT2D eigenvalue weighted by Gasteiger charge is 2.26. The number of carbonyl (C=O) groups excluding carboxylic acids is 1. The fourth-order valence-electron chi connectivity index (χ4n) is 1.88. The number of anilines is 1. The van der Waals surface area contributed by atoms with E-state index < -0.39 is 11.7 Å². The standard InChI is InChI=1S/C14H21FN2O2/c1-3-14(4-2,9-18)8-17-13(19)10-6-5-7-11(15)12(10)16/h5-7,18H,3-4,8-9,16H2,1-2H3,(H,17,19). The quantitative estimate of drug-likeness (QED) is 0.690. The molecule has 19 heavy (non-hydrogen) atoms. The summed E-state index contributed by atoms with van der Waals surface area (Å²) in [5.41, 5.74) is 5.17. The minimum atomic E-state index is -0.605. The van der Waals surface area contributed by atoms with Gasteiger partial charge < -0.3 is 16.2 Å². The number of hydrogen-bond donors (Lipinski definition) is 3. The summed E-state index contributed by atoms with van der Waals surface area (Å²) in [6, 6.07) is 4.13. The van der Waals surface area contributed by atoms with E-state index in [0.717, 1.165) is 12.8 Å². The lowest BCUT2D eigenvalue weighted by Crippen LogP contribution is -2.39. The lowest BCUT2D eigenvalue weighted by Gasteiger charge is -2.29. The van der Waals surface area contributed by atoms with Crippen LogP contribution in [0.3, 0.4) is 0 Å². The van der Waals surface area contributed by atoms with E-state index in [2.05, 4.69) is 5.32 Å². The average Bonchev–Trinajstić information content (AvgIpc) is 2.44. The molecule has 0 aromatic heterocycles. The van der Waals surface area contributed by atoms with E-state index in [1.165, 1.54) is 18.2 Å². The largest absolute Gasteiger partial charge is 0.396 e. The predicted octanol–water partition coefficient (Wildman–Crippen LogP) is 1.94. The van der Waals surface area contributed by atoms with Crippen LogP contribution >= 0.6 is 0 Å². The van der Waals surface area contributed by atoms with Gasteiger partial charge in [-0.25, -0.2) is 4.39 Å². The van der Waals surface area contributed by atoms with E-state index in [1.807, 2.05) is 13.8 Å². The number of rotatable bonds is 6. The molecule has 1 aromatic rings. The first-order valence-corrected chi connectivity index (χ1v) is 6.42. The first kappa shape index (κ1) is 15.4. The van der Waals surface area contributed by atoms with Gasteiger partial charge in [0.1, 0.15) is 5.82 Å². The predicted molar refractivity (Wildman–Crippen MR) is 73.2 cm³/mol. The SMILES string of the molecule is CCC(CC)(CO)CNC(=O)c1cccc(F)c1N. The molecular weight excluding hydrogens is 247 g/mol. The fraction of sp³-hybridized carbons (Fsp3) is 0.500. The summed E-state index contributed by atoms with van der Waals surface area (Å²) >= 11 is 0. The Morgan fingerprint density at radius 3 is 2.58 bits per heavy atom. The third-order valence-electron chi connectivity index (χ3n) is 3.76. The number of para-hydroxylation sites is 1. The molecular formula is C14H21FN2O2. The van der Waals surface area contributed by atoms with E-state index >= 15 is 0 Å². The molecule has 1 amide bonds. The van der Waals surface area contributed by atoms with Crippen LogP contribution in [0.4, 0.5) is 10.1 Å². The minimum Gasteiger partial charge on any atom is -0.396 e. The van der Waals surface area contributed by atoms with Gasteiger partial charge in [-0.1, -0.05) is 19.9 Å². The number of nitrogens with two attached hydrogens (primary N) is 1.